The molecule has 2 rings (SSSR count). The van der Waals surface area contributed by atoms with Crippen molar-refractivity contribution in [2.75, 3.05) is 10.6 Å². The number of hydrogen-bond acceptors (Lipinski definition) is 5. The summed E-state index contributed by atoms with van der Waals surface area (Å²) in [6.07, 6.45) is 0.812. The van der Waals surface area contributed by atoms with Crippen molar-refractivity contribution in [2.45, 2.75) is 26.3 Å². The average Bonchev–Trinajstić information content (AvgIpc) is 2.89. The van der Waals surface area contributed by atoms with E-state index >= 15 is 0 Å². The first kappa shape index (κ1) is 14.7. The molecule has 2 aromatic rings. The average molecular weight is 311 g/mol. The predicted molar refractivity (Wildman–Crippen MR) is 82.5 cm³/mol. The third-order valence-electron chi connectivity index (χ3n) is 2.62. The van der Waals surface area contributed by atoms with Crippen LogP contribution in [0, 0.1) is 0 Å². The highest BCUT2D eigenvalue weighted by atomic mass is 35.5. The molecule has 0 bridgehead atoms. The third-order valence-corrected chi connectivity index (χ3v) is 3.86. The normalized spacial score (nSPS) is 11.9. The number of carbonyl (C=O) groups is 1. The first-order valence-electron chi connectivity index (χ1n) is 6.24. The molecule has 106 valence electrons. The molecule has 0 saturated carbocycles. The van der Waals surface area contributed by atoms with E-state index in [1.165, 1.54) is 11.3 Å². The van der Waals surface area contributed by atoms with Crippen molar-refractivity contribution in [1.29, 1.82) is 0 Å². The maximum Gasteiger partial charge on any atom is 0.248 e. The van der Waals surface area contributed by atoms with Crippen molar-refractivity contribution >= 4 is 39.7 Å². The van der Waals surface area contributed by atoms with E-state index in [-0.39, 0.29) is 11.9 Å². The van der Waals surface area contributed by atoms with Gasteiger partial charge in [0.1, 0.15) is 11.0 Å². The van der Waals surface area contributed by atoms with E-state index in [9.17, 15) is 4.79 Å². The Kier molecular flexibility index (Phi) is 4.92. The van der Waals surface area contributed by atoms with Crippen LogP contribution in [0.25, 0.3) is 0 Å². The van der Waals surface area contributed by atoms with Crippen LogP contribution < -0.4 is 10.6 Å². The molecule has 0 unspecified atom stereocenters. The van der Waals surface area contributed by atoms with Crippen molar-refractivity contribution in [2.24, 2.45) is 0 Å². The Hall–Kier alpha value is -1.66. The lowest BCUT2D eigenvalue weighted by atomic mass is 10.2. The molecule has 1 aromatic carbocycles. The van der Waals surface area contributed by atoms with Crippen molar-refractivity contribution < 1.29 is 4.79 Å². The van der Waals surface area contributed by atoms with Gasteiger partial charge in [0.25, 0.3) is 0 Å². The molecule has 20 heavy (non-hydrogen) atoms. The first-order chi connectivity index (χ1) is 9.58. The molecule has 5 nitrogen and oxygen atoms in total. The molecule has 0 fully saturated rings. The molecule has 0 radical (unpaired) electrons. The van der Waals surface area contributed by atoms with Crippen LogP contribution in [0.5, 0.6) is 0 Å². The Morgan fingerprint density at radius 1 is 1.35 bits per heavy atom. The summed E-state index contributed by atoms with van der Waals surface area (Å²) in [7, 11) is 0. The van der Waals surface area contributed by atoms with Gasteiger partial charge in [0, 0.05) is 10.7 Å². The van der Waals surface area contributed by atoms with E-state index in [1.807, 2.05) is 19.1 Å². The smallest absolute Gasteiger partial charge is 0.248 e. The summed E-state index contributed by atoms with van der Waals surface area (Å²) in [6, 6.07) is 6.81. The minimum Gasteiger partial charge on any atom is -0.374 e. The maximum atomic E-state index is 12.0. The van der Waals surface area contributed by atoms with Crippen molar-refractivity contribution in [1.82, 2.24) is 10.2 Å². The highest BCUT2D eigenvalue weighted by Crippen LogP contribution is 2.17. The van der Waals surface area contributed by atoms with Gasteiger partial charge in [-0.15, -0.1) is 10.2 Å². The van der Waals surface area contributed by atoms with E-state index in [0.717, 1.165) is 17.1 Å². The van der Waals surface area contributed by atoms with Crippen molar-refractivity contribution in [3.63, 3.8) is 0 Å². The van der Waals surface area contributed by atoms with Gasteiger partial charge in [0.15, 0.2) is 0 Å². The van der Waals surface area contributed by atoms with Crippen LogP contribution in [-0.4, -0.2) is 22.1 Å². The number of nitrogens with one attached hydrogen (secondary N) is 2. The fraction of sp³-hybridized carbons (Fsp3) is 0.308. The van der Waals surface area contributed by atoms with Crippen molar-refractivity contribution in [3.05, 3.63) is 34.3 Å². The lowest BCUT2D eigenvalue weighted by molar-refractivity contribution is -0.116. The number of amides is 1. The minimum absolute atomic E-state index is 0.154. The highest BCUT2D eigenvalue weighted by molar-refractivity contribution is 7.15. The Balaban J connectivity index is 1.93. The number of aromatic nitrogens is 2. The summed E-state index contributed by atoms with van der Waals surface area (Å²) in [5.41, 5.74) is 0.837. The summed E-state index contributed by atoms with van der Waals surface area (Å²) < 4.78 is 0. The number of aryl methyl sites for hydroxylation is 1. The van der Waals surface area contributed by atoms with Gasteiger partial charge < -0.3 is 5.32 Å². The number of hydrogen-bond donors (Lipinski definition) is 2. The number of anilines is 2. The third kappa shape index (κ3) is 3.91. The monoisotopic (exact) mass is 310 g/mol. The number of rotatable bonds is 5. The summed E-state index contributed by atoms with van der Waals surface area (Å²) in [4.78, 5) is 12.0. The number of halogens is 1. The molecule has 0 aliphatic rings. The van der Waals surface area contributed by atoms with Gasteiger partial charge in [0.2, 0.25) is 11.0 Å². The van der Waals surface area contributed by atoms with E-state index in [4.69, 9.17) is 11.6 Å². The second-order valence-corrected chi connectivity index (χ2v) is 5.72. The molecule has 0 aliphatic heterocycles. The lowest BCUT2D eigenvalue weighted by Crippen LogP contribution is -2.31. The standard InChI is InChI=1S/C13H15ClN4OS/c1-3-11-17-18-13(20-11)16-12(19)8(2)15-10-6-4-9(14)5-7-10/h4-8,15H,3H2,1-2H3,(H,16,18,19)/t8-/m1/s1. The molecule has 1 amide bonds. The van der Waals surface area contributed by atoms with Gasteiger partial charge in [-0.2, -0.15) is 0 Å². The molecule has 0 aliphatic carbocycles. The topological polar surface area (TPSA) is 66.9 Å². The summed E-state index contributed by atoms with van der Waals surface area (Å²) in [6.45, 7) is 3.78. The van der Waals surface area contributed by atoms with Gasteiger partial charge in [-0.3, -0.25) is 10.1 Å². The fourth-order valence-corrected chi connectivity index (χ4v) is 2.33. The first-order valence-corrected chi connectivity index (χ1v) is 7.43. The zero-order valence-electron chi connectivity index (χ0n) is 11.2. The molecule has 0 spiro atoms. The fourth-order valence-electron chi connectivity index (χ4n) is 1.52. The van der Waals surface area contributed by atoms with Crippen LogP contribution >= 0.6 is 22.9 Å². The zero-order valence-corrected chi connectivity index (χ0v) is 12.8. The summed E-state index contributed by atoms with van der Waals surface area (Å²) in [5.74, 6) is -0.154. The molecule has 0 saturated heterocycles. The summed E-state index contributed by atoms with van der Waals surface area (Å²) >= 11 is 7.20. The Labute approximate surface area is 126 Å². The molecular formula is C13H15ClN4OS. The predicted octanol–water partition coefficient (Wildman–Crippen LogP) is 3.19. The maximum absolute atomic E-state index is 12.0. The van der Waals surface area contributed by atoms with Crippen LogP contribution in [0.15, 0.2) is 24.3 Å². The van der Waals surface area contributed by atoms with Gasteiger partial charge in [0.05, 0.1) is 0 Å². The largest absolute Gasteiger partial charge is 0.374 e. The molecule has 1 atom stereocenters. The second kappa shape index (κ2) is 6.67. The van der Waals surface area contributed by atoms with Gasteiger partial charge in [-0.05, 0) is 37.6 Å². The van der Waals surface area contributed by atoms with E-state index in [1.54, 1.807) is 19.1 Å². The Morgan fingerprint density at radius 2 is 2.05 bits per heavy atom. The van der Waals surface area contributed by atoms with Crippen LogP contribution in [0.2, 0.25) is 5.02 Å². The van der Waals surface area contributed by atoms with E-state index in [2.05, 4.69) is 20.8 Å². The van der Waals surface area contributed by atoms with E-state index < -0.39 is 0 Å². The van der Waals surface area contributed by atoms with Crippen molar-refractivity contribution in [3.8, 4) is 0 Å². The van der Waals surface area contributed by atoms with Crippen LogP contribution in [0.3, 0.4) is 0 Å². The zero-order chi connectivity index (χ0) is 14.5. The Bertz CT molecular complexity index is 584. The molecule has 7 heteroatoms. The second-order valence-electron chi connectivity index (χ2n) is 4.22. The van der Waals surface area contributed by atoms with Gasteiger partial charge >= 0.3 is 0 Å². The number of carbonyl (C=O) groups excluding carboxylic acids is 1. The highest BCUT2D eigenvalue weighted by Gasteiger charge is 2.14. The number of nitrogens with zero attached hydrogens (tertiary/aromatic N) is 2. The molecule has 1 heterocycles. The lowest BCUT2D eigenvalue weighted by Gasteiger charge is -2.14. The van der Waals surface area contributed by atoms with Crippen LogP contribution in [0.1, 0.15) is 18.9 Å². The SMILES string of the molecule is CCc1nnc(NC(=O)[C@@H](C)Nc2ccc(Cl)cc2)s1. The number of benzene rings is 1. The van der Waals surface area contributed by atoms with E-state index in [0.29, 0.717) is 10.2 Å². The summed E-state index contributed by atoms with van der Waals surface area (Å²) in [5, 5.41) is 15.8. The minimum atomic E-state index is -0.384. The van der Waals surface area contributed by atoms with Crippen LogP contribution in [-0.2, 0) is 11.2 Å². The van der Waals surface area contributed by atoms with Crippen LogP contribution in [0.4, 0.5) is 10.8 Å². The van der Waals surface area contributed by atoms with Gasteiger partial charge in [-0.25, -0.2) is 0 Å². The van der Waals surface area contributed by atoms with Gasteiger partial charge in [-0.1, -0.05) is 29.9 Å². The molecule has 1 aromatic heterocycles. The molecule has 2 N–H and O–H groups in total. The quantitative estimate of drug-likeness (QED) is 0.890. The molecular weight excluding hydrogens is 296 g/mol. The Morgan fingerprint density at radius 3 is 2.65 bits per heavy atom.